The Kier molecular flexibility index (Phi) is 8.71. The highest BCUT2D eigenvalue weighted by atomic mass is 32.1. The van der Waals surface area contributed by atoms with Crippen LogP contribution in [0.25, 0.3) is 86.3 Å². The summed E-state index contributed by atoms with van der Waals surface area (Å²) in [5, 5.41) is 7.19. The Bertz CT molecular complexity index is 4030. The van der Waals surface area contributed by atoms with Gasteiger partial charge >= 0.3 is 0 Å². The van der Waals surface area contributed by atoms with Crippen molar-refractivity contribution in [2.24, 2.45) is 0 Å². The molecule has 0 saturated carbocycles. The van der Waals surface area contributed by atoms with Gasteiger partial charge in [0.2, 0.25) is 0 Å². The van der Waals surface area contributed by atoms with Crippen molar-refractivity contribution in [2.45, 2.75) is 5.41 Å². The van der Waals surface area contributed by atoms with Gasteiger partial charge in [-0.25, -0.2) is 0 Å². The molecule has 0 N–H and O–H groups in total. The van der Waals surface area contributed by atoms with E-state index in [0.717, 1.165) is 55.5 Å². The number of anilines is 3. The summed E-state index contributed by atoms with van der Waals surface area (Å²) in [7, 11) is 0. The first-order valence-corrected chi connectivity index (χ1v) is 24.1. The summed E-state index contributed by atoms with van der Waals surface area (Å²) < 4.78 is 9.25. The van der Waals surface area contributed by atoms with Crippen molar-refractivity contribution in [1.29, 1.82) is 0 Å². The molecule has 0 unspecified atom stereocenters. The van der Waals surface area contributed by atoms with Crippen LogP contribution < -0.4 is 4.90 Å². The van der Waals surface area contributed by atoms with E-state index in [9.17, 15) is 0 Å². The van der Waals surface area contributed by atoms with Gasteiger partial charge in [0.25, 0.3) is 0 Å². The zero-order chi connectivity index (χ0) is 44.8. The molecular formula is C65H41NOS. The Labute approximate surface area is 398 Å². The molecule has 0 aliphatic heterocycles. The van der Waals surface area contributed by atoms with Crippen LogP contribution in [0.2, 0.25) is 0 Å². The number of furan rings is 1. The molecule has 0 bridgehead atoms. The van der Waals surface area contributed by atoms with Crippen LogP contribution in [0.15, 0.2) is 253 Å². The predicted molar refractivity (Wildman–Crippen MR) is 287 cm³/mol. The van der Waals surface area contributed by atoms with Crippen molar-refractivity contribution in [1.82, 2.24) is 0 Å². The van der Waals surface area contributed by atoms with Gasteiger partial charge < -0.3 is 9.32 Å². The first-order chi connectivity index (χ1) is 33.7. The first kappa shape index (κ1) is 38.7. The van der Waals surface area contributed by atoms with Crippen LogP contribution in [0.3, 0.4) is 0 Å². The monoisotopic (exact) mass is 883 g/mol. The van der Waals surface area contributed by atoms with Crippen LogP contribution >= 0.6 is 11.3 Å². The molecule has 2 aromatic heterocycles. The van der Waals surface area contributed by atoms with E-state index in [1.54, 1.807) is 0 Å². The summed E-state index contributed by atoms with van der Waals surface area (Å²) in [6.45, 7) is 0. The number of nitrogens with zero attached hydrogens (tertiary/aromatic N) is 1. The van der Waals surface area contributed by atoms with Crippen LogP contribution in [0.1, 0.15) is 22.3 Å². The maximum absolute atomic E-state index is 6.63. The Hall–Kier alpha value is -8.50. The second kappa shape index (κ2) is 15.3. The van der Waals surface area contributed by atoms with E-state index in [0.29, 0.717) is 0 Å². The lowest BCUT2D eigenvalue weighted by molar-refractivity contribution is 0.673. The average Bonchev–Trinajstić information content (AvgIpc) is 4.09. The topological polar surface area (TPSA) is 16.4 Å². The maximum atomic E-state index is 6.63. The van der Waals surface area contributed by atoms with E-state index in [2.05, 4.69) is 254 Å². The third-order valence-corrected chi connectivity index (χ3v) is 15.5. The highest BCUT2D eigenvalue weighted by Crippen LogP contribution is 2.59. The largest absolute Gasteiger partial charge is 0.455 e. The smallest absolute Gasteiger partial charge is 0.143 e. The van der Waals surface area contributed by atoms with Crippen LogP contribution in [-0.4, -0.2) is 0 Å². The number of thiophene rings is 1. The highest BCUT2D eigenvalue weighted by molar-refractivity contribution is 7.25. The summed E-state index contributed by atoms with van der Waals surface area (Å²) >= 11 is 1.86. The molecule has 0 atom stereocenters. The molecule has 0 amide bonds. The summed E-state index contributed by atoms with van der Waals surface area (Å²) in [6.07, 6.45) is 0. The van der Waals surface area contributed by atoms with Gasteiger partial charge in [0.15, 0.2) is 0 Å². The van der Waals surface area contributed by atoms with E-state index in [1.807, 2.05) is 11.3 Å². The minimum absolute atomic E-state index is 0.525. The minimum atomic E-state index is -0.525. The van der Waals surface area contributed by atoms with E-state index in [1.165, 1.54) is 70.1 Å². The van der Waals surface area contributed by atoms with Crippen molar-refractivity contribution in [2.75, 3.05) is 4.90 Å². The molecule has 0 saturated heterocycles. The van der Waals surface area contributed by atoms with Crippen molar-refractivity contribution >= 4 is 81.3 Å². The molecule has 13 aromatic rings. The Morgan fingerprint density at radius 1 is 0.368 bits per heavy atom. The van der Waals surface area contributed by atoms with Crippen LogP contribution in [0.5, 0.6) is 0 Å². The van der Waals surface area contributed by atoms with Gasteiger partial charge in [0.1, 0.15) is 11.2 Å². The van der Waals surface area contributed by atoms with E-state index < -0.39 is 5.41 Å². The minimum Gasteiger partial charge on any atom is -0.455 e. The van der Waals surface area contributed by atoms with Gasteiger partial charge in [-0.05, 0) is 110 Å². The molecular weight excluding hydrogens is 843 g/mol. The van der Waals surface area contributed by atoms with Crippen LogP contribution in [-0.2, 0) is 5.41 Å². The van der Waals surface area contributed by atoms with Crippen LogP contribution in [0, 0.1) is 0 Å². The molecule has 0 fully saturated rings. The van der Waals surface area contributed by atoms with E-state index in [-0.39, 0.29) is 0 Å². The fraction of sp³-hybridized carbons (Fsp3) is 0.0154. The molecule has 0 radical (unpaired) electrons. The molecule has 11 aromatic carbocycles. The first-order valence-electron chi connectivity index (χ1n) is 23.3. The van der Waals surface area contributed by atoms with E-state index >= 15 is 0 Å². The molecule has 14 rings (SSSR count). The number of fused-ring (bicyclic) bond motifs is 11. The summed E-state index contributed by atoms with van der Waals surface area (Å²) in [6, 6.07) is 91.3. The highest BCUT2D eigenvalue weighted by Gasteiger charge is 2.47. The van der Waals surface area contributed by atoms with Gasteiger partial charge in [-0.1, -0.05) is 194 Å². The second-order valence-electron chi connectivity index (χ2n) is 17.9. The van der Waals surface area contributed by atoms with Gasteiger partial charge in [0.05, 0.1) is 11.1 Å². The van der Waals surface area contributed by atoms with Crippen molar-refractivity contribution in [3.8, 4) is 33.4 Å². The van der Waals surface area contributed by atoms with Gasteiger partial charge in [-0.15, -0.1) is 11.3 Å². The Balaban J connectivity index is 0.975. The number of benzene rings is 11. The normalized spacial score (nSPS) is 12.8. The van der Waals surface area contributed by atoms with Crippen molar-refractivity contribution in [3.05, 3.63) is 271 Å². The van der Waals surface area contributed by atoms with Gasteiger partial charge in [-0.2, -0.15) is 0 Å². The summed E-state index contributed by atoms with van der Waals surface area (Å²) in [5.74, 6) is 0. The molecule has 2 nitrogen and oxygen atoms in total. The molecule has 1 aliphatic rings. The Morgan fingerprint density at radius 2 is 0.926 bits per heavy atom. The zero-order valence-corrected chi connectivity index (χ0v) is 37.8. The Morgan fingerprint density at radius 3 is 1.66 bits per heavy atom. The summed E-state index contributed by atoms with van der Waals surface area (Å²) in [4.78, 5) is 2.47. The number of rotatable bonds is 7. The molecule has 0 spiro atoms. The van der Waals surface area contributed by atoms with Crippen molar-refractivity contribution in [3.63, 3.8) is 0 Å². The van der Waals surface area contributed by atoms with Crippen molar-refractivity contribution < 1.29 is 4.42 Å². The fourth-order valence-electron chi connectivity index (χ4n) is 11.5. The van der Waals surface area contributed by atoms with Gasteiger partial charge in [-0.3, -0.25) is 0 Å². The number of hydrogen-bond donors (Lipinski definition) is 0. The third-order valence-electron chi connectivity index (χ3n) is 14.4. The lowest BCUT2D eigenvalue weighted by Gasteiger charge is -2.34. The standard InChI is InChI=1S/C65H41NOS/c1-3-17-45(18-4-1)65(46-19-5-2-6-20-46)55-26-11-9-22-52(55)63-56(65)27-15-28-57(63)66(48-39-34-44(35-40-48)50-25-14-31-60-62(50)53-23-10-12-30-59(53)68-60)47-37-32-43(33-38-47)49-24-13-29-58-61(49)54-41-36-42-16-7-8-21-51(42)64(54)67-58/h1-41H. The zero-order valence-electron chi connectivity index (χ0n) is 36.9. The third kappa shape index (κ3) is 5.70. The van der Waals surface area contributed by atoms with Gasteiger partial charge in [0, 0.05) is 53.3 Å². The second-order valence-corrected chi connectivity index (χ2v) is 19.0. The lowest BCUT2D eigenvalue weighted by atomic mass is 9.68. The molecule has 3 heteroatoms. The molecule has 1 aliphatic carbocycles. The summed E-state index contributed by atoms with van der Waals surface area (Å²) in [5.41, 5.74) is 16.9. The molecule has 68 heavy (non-hydrogen) atoms. The quantitative estimate of drug-likeness (QED) is 0.159. The predicted octanol–water partition coefficient (Wildman–Crippen LogP) is 18.3. The SMILES string of the molecule is c1ccc(C2(c3ccccc3)c3ccccc3-c3c(N(c4ccc(-c5cccc6oc7c8ccccc8ccc7c56)cc4)c4ccc(-c5cccc6sc7ccccc7c56)cc4)cccc32)cc1. The lowest BCUT2D eigenvalue weighted by Crippen LogP contribution is -2.28. The fourth-order valence-corrected chi connectivity index (χ4v) is 12.6. The maximum Gasteiger partial charge on any atom is 0.143 e. The molecule has 318 valence electrons. The number of hydrogen-bond acceptors (Lipinski definition) is 3. The van der Waals surface area contributed by atoms with Crippen LogP contribution in [0.4, 0.5) is 17.1 Å². The average molecular weight is 884 g/mol. The van der Waals surface area contributed by atoms with E-state index in [4.69, 9.17) is 4.42 Å². The molecule has 2 heterocycles.